The van der Waals surface area contributed by atoms with Crippen LogP contribution in [0.5, 0.6) is 0 Å². The first-order valence-electron chi connectivity index (χ1n) is 4.92. The van der Waals surface area contributed by atoms with Crippen LogP contribution in [0.25, 0.3) is 10.3 Å². The zero-order valence-corrected chi connectivity index (χ0v) is 9.60. The molecule has 0 unspecified atom stereocenters. The molecule has 0 saturated carbocycles. The predicted molar refractivity (Wildman–Crippen MR) is 62.7 cm³/mol. The number of nitrogens with one attached hydrogen (secondary N) is 1. The van der Waals surface area contributed by atoms with Gasteiger partial charge in [0, 0.05) is 13.5 Å². The van der Waals surface area contributed by atoms with E-state index in [1.54, 1.807) is 6.07 Å². The molecule has 1 heterocycles. The molecule has 84 valence electrons. The van der Waals surface area contributed by atoms with Crippen molar-refractivity contribution in [2.24, 2.45) is 0 Å². The molecule has 0 aliphatic rings. The van der Waals surface area contributed by atoms with Crippen molar-refractivity contribution < 1.29 is 9.21 Å². The molecule has 16 heavy (non-hydrogen) atoms. The number of hydrogen-bond donors (Lipinski definition) is 1. The highest BCUT2D eigenvalue weighted by atomic mass is 32.1. The molecule has 0 saturated heterocycles. The average Bonchev–Trinajstić information content (AvgIpc) is 2.56. The summed E-state index contributed by atoms with van der Waals surface area (Å²) in [5.74, 6) is -0.0333. The lowest BCUT2D eigenvalue weighted by Gasteiger charge is -2.01. The number of hydrogen-bond acceptors (Lipinski definition) is 4. The van der Waals surface area contributed by atoms with Crippen LogP contribution in [0.15, 0.2) is 27.4 Å². The van der Waals surface area contributed by atoms with Gasteiger partial charge in [-0.25, -0.2) is 4.79 Å². The second kappa shape index (κ2) is 4.49. The van der Waals surface area contributed by atoms with E-state index in [4.69, 9.17) is 4.42 Å². The first-order chi connectivity index (χ1) is 7.65. The van der Waals surface area contributed by atoms with Gasteiger partial charge in [0.1, 0.15) is 5.58 Å². The summed E-state index contributed by atoms with van der Waals surface area (Å²) in [7, 11) is 0. The molecule has 2 rings (SSSR count). The molecule has 2 aromatic rings. The summed E-state index contributed by atoms with van der Waals surface area (Å²) in [5, 5.41) is 2.73. The molecule has 4 nitrogen and oxygen atoms in total. The van der Waals surface area contributed by atoms with Crippen LogP contribution in [-0.4, -0.2) is 12.5 Å². The monoisotopic (exact) mass is 237 g/mol. The Morgan fingerprint density at radius 3 is 3.06 bits per heavy atom. The largest absolute Gasteiger partial charge is 0.414 e. The molecule has 0 bridgehead atoms. The van der Waals surface area contributed by atoms with Gasteiger partial charge < -0.3 is 9.73 Å². The van der Waals surface area contributed by atoms with Gasteiger partial charge in [0.25, 0.3) is 0 Å². The Balaban J connectivity index is 2.13. The third-order valence-corrected chi connectivity index (χ3v) is 2.97. The number of carbonyl (C=O) groups is 1. The highest BCUT2D eigenvalue weighted by molar-refractivity contribution is 7.16. The molecule has 0 spiro atoms. The van der Waals surface area contributed by atoms with Crippen LogP contribution in [0.4, 0.5) is 0 Å². The Kier molecular flexibility index (Phi) is 3.05. The second-order valence-electron chi connectivity index (χ2n) is 3.47. The number of fused-ring (bicyclic) bond motifs is 1. The molecule has 1 aromatic carbocycles. The highest BCUT2D eigenvalue weighted by Gasteiger charge is 2.02. The maximum atomic E-state index is 11.0. The molecule has 1 amide bonds. The van der Waals surface area contributed by atoms with Crippen molar-refractivity contribution in [3.8, 4) is 0 Å². The zero-order valence-electron chi connectivity index (χ0n) is 8.78. The highest BCUT2D eigenvalue weighted by Crippen LogP contribution is 2.18. The van der Waals surface area contributed by atoms with Gasteiger partial charge in [-0.05, 0) is 24.1 Å². The van der Waals surface area contributed by atoms with Gasteiger partial charge in [-0.15, -0.1) is 0 Å². The van der Waals surface area contributed by atoms with Crippen molar-refractivity contribution in [1.82, 2.24) is 5.32 Å². The van der Waals surface area contributed by atoms with Gasteiger partial charge in [0.15, 0.2) is 0 Å². The van der Waals surface area contributed by atoms with E-state index in [9.17, 15) is 9.59 Å². The minimum atomic E-state index is -0.283. The summed E-state index contributed by atoms with van der Waals surface area (Å²) in [4.78, 5) is 21.4. The van der Waals surface area contributed by atoms with Gasteiger partial charge >= 0.3 is 4.94 Å². The van der Waals surface area contributed by atoms with Gasteiger partial charge in [0.2, 0.25) is 5.91 Å². The Labute approximate surface area is 95.9 Å². The molecule has 1 aromatic heterocycles. The second-order valence-corrected chi connectivity index (χ2v) is 4.45. The number of benzene rings is 1. The summed E-state index contributed by atoms with van der Waals surface area (Å²) >= 11 is 1.10. The summed E-state index contributed by atoms with van der Waals surface area (Å²) in [6, 6.07) is 5.61. The first-order valence-corrected chi connectivity index (χ1v) is 5.74. The van der Waals surface area contributed by atoms with Gasteiger partial charge in [0.05, 0.1) is 4.70 Å². The van der Waals surface area contributed by atoms with Crippen LogP contribution in [0, 0.1) is 0 Å². The molecular formula is C11H11NO3S. The Morgan fingerprint density at radius 1 is 1.50 bits per heavy atom. The minimum Gasteiger partial charge on any atom is -0.414 e. The van der Waals surface area contributed by atoms with E-state index in [1.165, 1.54) is 6.92 Å². The normalized spacial score (nSPS) is 10.6. The fourth-order valence-electron chi connectivity index (χ4n) is 1.46. The van der Waals surface area contributed by atoms with Gasteiger partial charge in [-0.3, -0.25) is 4.79 Å². The Hall–Kier alpha value is -1.62. The fourth-order valence-corrected chi connectivity index (χ4v) is 2.19. The van der Waals surface area contributed by atoms with Crippen molar-refractivity contribution >= 4 is 27.5 Å². The van der Waals surface area contributed by atoms with Crippen LogP contribution in [0.2, 0.25) is 0 Å². The summed E-state index contributed by atoms with van der Waals surface area (Å²) in [5.41, 5.74) is 1.71. The summed E-state index contributed by atoms with van der Waals surface area (Å²) in [6.45, 7) is 2.10. The lowest BCUT2D eigenvalue weighted by Crippen LogP contribution is -2.22. The van der Waals surface area contributed by atoms with Crippen molar-refractivity contribution in [3.05, 3.63) is 33.5 Å². The molecule has 0 fully saturated rings. The van der Waals surface area contributed by atoms with E-state index in [0.29, 0.717) is 12.1 Å². The number of carbonyl (C=O) groups excluding carboxylic acids is 1. The van der Waals surface area contributed by atoms with E-state index in [-0.39, 0.29) is 10.8 Å². The standard InChI is InChI=1S/C11H11NO3S/c1-7(13)12-5-4-8-2-3-9-10(6-8)16-11(14)15-9/h2-3,6H,4-5H2,1H3,(H,12,13). The van der Waals surface area contributed by atoms with Crippen molar-refractivity contribution in [3.63, 3.8) is 0 Å². The van der Waals surface area contributed by atoms with E-state index in [0.717, 1.165) is 28.0 Å². The third-order valence-electron chi connectivity index (χ3n) is 2.18. The molecule has 0 aliphatic carbocycles. The van der Waals surface area contributed by atoms with Gasteiger partial charge in [-0.2, -0.15) is 0 Å². The fraction of sp³-hybridized carbons (Fsp3) is 0.273. The maximum Gasteiger partial charge on any atom is 0.396 e. The smallest absolute Gasteiger partial charge is 0.396 e. The Bertz CT molecular complexity index is 570. The van der Waals surface area contributed by atoms with Crippen LogP contribution < -0.4 is 10.3 Å². The lowest BCUT2D eigenvalue weighted by atomic mass is 10.1. The number of amides is 1. The van der Waals surface area contributed by atoms with Crippen LogP contribution >= 0.6 is 11.3 Å². The molecule has 1 N–H and O–H groups in total. The number of rotatable bonds is 3. The van der Waals surface area contributed by atoms with Crippen LogP contribution in [0.1, 0.15) is 12.5 Å². The van der Waals surface area contributed by atoms with Crippen molar-refractivity contribution in [2.75, 3.05) is 6.54 Å². The van der Waals surface area contributed by atoms with Crippen molar-refractivity contribution in [2.45, 2.75) is 13.3 Å². The van der Waals surface area contributed by atoms with Crippen molar-refractivity contribution in [1.29, 1.82) is 0 Å². The minimum absolute atomic E-state index is 0.0333. The lowest BCUT2D eigenvalue weighted by molar-refractivity contribution is -0.118. The van der Waals surface area contributed by atoms with E-state index < -0.39 is 0 Å². The SMILES string of the molecule is CC(=O)NCCc1ccc2oc(=O)sc2c1. The van der Waals surface area contributed by atoms with E-state index in [2.05, 4.69) is 5.32 Å². The molecule has 0 aliphatic heterocycles. The zero-order chi connectivity index (χ0) is 11.5. The molecular weight excluding hydrogens is 226 g/mol. The molecule has 0 radical (unpaired) electrons. The molecule has 0 atom stereocenters. The molecule has 5 heteroatoms. The van der Waals surface area contributed by atoms with Crippen LogP contribution in [0.3, 0.4) is 0 Å². The summed E-state index contributed by atoms with van der Waals surface area (Å²) in [6.07, 6.45) is 0.752. The quantitative estimate of drug-likeness (QED) is 0.880. The third kappa shape index (κ3) is 2.49. The van der Waals surface area contributed by atoms with Crippen LogP contribution in [-0.2, 0) is 11.2 Å². The van der Waals surface area contributed by atoms with E-state index in [1.807, 2.05) is 12.1 Å². The predicted octanol–water partition coefficient (Wildman–Crippen LogP) is 1.53. The topological polar surface area (TPSA) is 59.3 Å². The average molecular weight is 237 g/mol. The summed E-state index contributed by atoms with van der Waals surface area (Å²) < 4.78 is 5.81. The first kappa shape index (κ1) is 10.9. The maximum absolute atomic E-state index is 11.0. The Morgan fingerprint density at radius 2 is 2.31 bits per heavy atom. The van der Waals surface area contributed by atoms with E-state index >= 15 is 0 Å². The van der Waals surface area contributed by atoms with Gasteiger partial charge in [-0.1, -0.05) is 17.4 Å².